The van der Waals surface area contributed by atoms with E-state index in [1.165, 1.54) is 22.9 Å². The highest BCUT2D eigenvalue weighted by atomic mass is 16.4. The lowest BCUT2D eigenvalue weighted by Gasteiger charge is -2.14. The number of H-pyrrole nitrogens is 1. The number of aromatic carboxylic acids is 1. The SMILES string of the molecule is CC(C)(C)c1cc(N)n(-c2nc(Nc3cc(C=O)cc(C(=O)O)c3)[nH]c(=O)n2)n1. The number of hydrogen-bond donors (Lipinski definition) is 4. The van der Waals surface area contributed by atoms with Crippen molar-refractivity contribution < 1.29 is 14.7 Å². The second-order valence-corrected chi connectivity index (χ2v) is 7.31. The van der Waals surface area contributed by atoms with Gasteiger partial charge in [0.05, 0.1) is 11.3 Å². The number of rotatable bonds is 5. The molecule has 5 N–H and O–H groups in total. The van der Waals surface area contributed by atoms with E-state index >= 15 is 0 Å². The van der Waals surface area contributed by atoms with Crippen molar-refractivity contribution in [1.29, 1.82) is 0 Å². The third-order valence-electron chi connectivity index (χ3n) is 3.93. The van der Waals surface area contributed by atoms with E-state index in [9.17, 15) is 19.5 Å². The fraction of sp³-hybridized carbons (Fsp3) is 0.222. The average Bonchev–Trinajstić information content (AvgIpc) is 3.03. The Balaban J connectivity index is 2.02. The summed E-state index contributed by atoms with van der Waals surface area (Å²) in [5.41, 5.74) is 6.00. The van der Waals surface area contributed by atoms with E-state index in [1.54, 1.807) is 6.07 Å². The van der Waals surface area contributed by atoms with E-state index in [2.05, 4.69) is 25.4 Å². The number of anilines is 3. The van der Waals surface area contributed by atoms with Crippen molar-refractivity contribution in [2.75, 3.05) is 11.1 Å². The summed E-state index contributed by atoms with van der Waals surface area (Å²) in [7, 11) is 0. The first-order valence-electron chi connectivity index (χ1n) is 8.52. The Morgan fingerprint density at radius 3 is 2.55 bits per heavy atom. The lowest BCUT2D eigenvalue weighted by Crippen LogP contribution is -2.20. The molecule has 0 unspecified atom stereocenters. The van der Waals surface area contributed by atoms with Gasteiger partial charge >= 0.3 is 11.7 Å². The second-order valence-electron chi connectivity index (χ2n) is 7.31. The van der Waals surface area contributed by atoms with Crippen LogP contribution < -0.4 is 16.7 Å². The molecule has 150 valence electrons. The first-order valence-corrected chi connectivity index (χ1v) is 8.52. The smallest absolute Gasteiger partial charge is 0.351 e. The molecule has 1 aromatic carbocycles. The molecule has 0 saturated carbocycles. The number of nitrogen functional groups attached to an aromatic ring is 1. The first kappa shape index (κ1) is 19.7. The number of nitrogens with two attached hydrogens (primary N) is 1. The Bertz CT molecular complexity index is 1160. The summed E-state index contributed by atoms with van der Waals surface area (Å²) in [6.45, 7) is 5.89. The molecule has 3 rings (SSSR count). The van der Waals surface area contributed by atoms with Crippen molar-refractivity contribution in [2.24, 2.45) is 0 Å². The molecule has 0 fully saturated rings. The maximum atomic E-state index is 12.0. The molecular weight excluding hydrogens is 378 g/mol. The summed E-state index contributed by atoms with van der Waals surface area (Å²) in [6, 6.07) is 5.62. The van der Waals surface area contributed by atoms with Crippen LogP contribution >= 0.6 is 0 Å². The monoisotopic (exact) mass is 397 g/mol. The number of carboxylic acids is 1. The maximum Gasteiger partial charge on any atom is 0.351 e. The minimum atomic E-state index is -1.20. The van der Waals surface area contributed by atoms with E-state index < -0.39 is 11.7 Å². The molecule has 2 aromatic heterocycles. The molecule has 3 aromatic rings. The second kappa shape index (κ2) is 7.19. The van der Waals surface area contributed by atoms with Crippen molar-refractivity contribution in [3.8, 4) is 5.95 Å². The fourth-order valence-corrected chi connectivity index (χ4v) is 2.50. The van der Waals surface area contributed by atoms with Gasteiger partial charge in [0.25, 0.3) is 5.95 Å². The molecule has 0 bridgehead atoms. The van der Waals surface area contributed by atoms with Gasteiger partial charge in [-0.2, -0.15) is 19.7 Å². The van der Waals surface area contributed by atoms with E-state index in [0.717, 1.165) is 0 Å². The standard InChI is InChI=1S/C18H19N7O4/c1-18(2,3)12-7-13(19)25(24-12)16-21-15(22-17(29)23-16)20-11-5-9(8-26)4-10(6-11)14(27)28/h4-8H,19H2,1-3H3,(H,27,28)(H2,20,21,22,23,29). The van der Waals surface area contributed by atoms with Crippen LogP contribution in [-0.4, -0.2) is 42.1 Å². The van der Waals surface area contributed by atoms with Crippen LogP contribution in [0.5, 0.6) is 0 Å². The van der Waals surface area contributed by atoms with Crippen LogP contribution in [0, 0.1) is 0 Å². The van der Waals surface area contributed by atoms with Gasteiger partial charge in [0, 0.05) is 22.7 Å². The Kier molecular flexibility index (Phi) is 4.89. The Morgan fingerprint density at radius 2 is 1.97 bits per heavy atom. The number of carbonyl (C=O) groups is 2. The summed E-state index contributed by atoms with van der Waals surface area (Å²) in [5.74, 6) is -1.03. The van der Waals surface area contributed by atoms with Crippen LogP contribution in [0.25, 0.3) is 5.95 Å². The summed E-state index contributed by atoms with van der Waals surface area (Å²) >= 11 is 0. The Hall–Kier alpha value is -4.02. The van der Waals surface area contributed by atoms with Crippen LogP contribution in [0.4, 0.5) is 17.5 Å². The Morgan fingerprint density at radius 1 is 1.24 bits per heavy atom. The molecular formula is C18H19N7O4. The van der Waals surface area contributed by atoms with Gasteiger partial charge in [0.2, 0.25) is 5.95 Å². The molecule has 11 heteroatoms. The van der Waals surface area contributed by atoms with Crippen LogP contribution in [0.2, 0.25) is 0 Å². The zero-order valence-corrected chi connectivity index (χ0v) is 15.9. The van der Waals surface area contributed by atoms with Crippen molar-refractivity contribution in [3.63, 3.8) is 0 Å². The van der Waals surface area contributed by atoms with Crippen molar-refractivity contribution in [1.82, 2.24) is 24.7 Å². The number of aromatic amines is 1. The van der Waals surface area contributed by atoms with Gasteiger partial charge in [-0.1, -0.05) is 20.8 Å². The molecule has 0 aliphatic carbocycles. The lowest BCUT2D eigenvalue weighted by molar-refractivity contribution is 0.0697. The summed E-state index contributed by atoms with van der Waals surface area (Å²) in [6.07, 6.45) is 0.518. The third-order valence-corrected chi connectivity index (χ3v) is 3.93. The lowest BCUT2D eigenvalue weighted by atomic mass is 9.92. The molecule has 0 radical (unpaired) electrons. The van der Waals surface area contributed by atoms with Gasteiger partial charge in [-0.3, -0.25) is 9.78 Å². The summed E-state index contributed by atoms with van der Waals surface area (Å²) in [5, 5.41) is 16.3. The fourth-order valence-electron chi connectivity index (χ4n) is 2.50. The number of hydrogen-bond acceptors (Lipinski definition) is 8. The molecule has 0 aliphatic rings. The summed E-state index contributed by atoms with van der Waals surface area (Å²) in [4.78, 5) is 44.7. The number of carboxylic acid groups (broad SMARTS) is 1. The van der Waals surface area contributed by atoms with Gasteiger partial charge < -0.3 is 16.2 Å². The number of carbonyl (C=O) groups excluding carboxylic acids is 1. The van der Waals surface area contributed by atoms with Crippen molar-refractivity contribution >= 4 is 29.7 Å². The van der Waals surface area contributed by atoms with Crippen LogP contribution in [0.1, 0.15) is 47.2 Å². The van der Waals surface area contributed by atoms with Gasteiger partial charge in [0.1, 0.15) is 12.1 Å². The largest absolute Gasteiger partial charge is 0.478 e. The number of benzene rings is 1. The molecule has 0 aliphatic heterocycles. The Labute approximate surface area is 164 Å². The predicted octanol–water partition coefficient (Wildman–Crippen LogP) is 1.48. The predicted molar refractivity (Wildman–Crippen MR) is 105 cm³/mol. The molecule has 0 saturated heterocycles. The highest BCUT2D eigenvalue weighted by Crippen LogP contribution is 2.24. The molecule has 0 atom stereocenters. The average molecular weight is 397 g/mol. The third kappa shape index (κ3) is 4.29. The van der Waals surface area contributed by atoms with Gasteiger partial charge in [-0.05, 0) is 18.2 Å². The van der Waals surface area contributed by atoms with E-state index in [0.29, 0.717) is 12.0 Å². The number of aromatic nitrogens is 5. The highest BCUT2D eigenvalue weighted by molar-refractivity contribution is 5.92. The van der Waals surface area contributed by atoms with Crippen molar-refractivity contribution in [3.05, 3.63) is 51.6 Å². The number of nitrogens with one attached hydrogen (secondary N) is 2. The van der Waals surface area contributed by atoms with Crippen LogP contribution in [0.15, 0.2) is 29.1 Å². The van der Waals surface area contributed by atoms with Crippen LogP contribution in [-0.2, 0) is 5.41 Å². The highest BCUT2D eigenvalue weighted by Gasteiger charge is 2.21. The normalized spacial score (nSPS) is 11.3. The quantitative estimate of drug-likeness (QED) is 0.466. The van der Waals surface area contributed by atoms with Gasteiger partial charge in [-0.25, -0.2) is 9.59 Å². The molecule has 11 nitrogen and oxygen atoms in total. The molecule has 29 heavy (non-hydrogen) atoms. The van der Waals surface area contributed by atoms with E-state index in [1.807, 2.05) is 20.8 Å². The maximum absolute atomic E-state index is 12.0. The number of nitrogens with zero attached hydrogens (tertiary/aromatic N) is 4. The summed E-state index contributed by atoms with van der Waals surface area (Å²) < 4.78 is 1.24. The minimum Gasteiger partial charge on any atom is -0.478 e. The van der Waals surface area contributed by atoms with Crippen molar-refractivity contribution in [2.45, 2.75) is 26.2 Å². The zero-order valence-electron chi connectivity index (χ0n) is 15.9. The molecule has 0 amide bonds. The van der Waals surface area contributed by atoms with Crippen LogP contribution in [0.3, 0.4) is 0 Å². The zero-order chi connectivity index (χ0) is 21.3. The minimum absolute atomic E-state index is 0.0217. The topological polar surface area (TPSA) is 169 Å². The van der Waals surface area contributed by atoms with Gasteiger partial charge in [-0.15, -0.1) is 0 Å². The van der Waals surface area contributed by atoms with E-state index in [-0.39, 0.29) is 39.9 Å². The molecule has 2 heterocycles. The first-order chi connectivity index (χ1) is 13.6. The molecule has 0 spiro atoms. The van der Waals surface area contributed by atoms with E-state index in [4.69, 9.17) is 5.73 Å². The number of aldehydes is 1. The van der Waals surface area contributed by atoms with Gasteiger partial charge in [0.15, 0.2) is 0 Å².